The minimum absolute atomic E-state index is 0.356. The van der Waals surface area contributed by atoms with Gasteiger partial charge in [-0.1, -0.05) is 11.6 Å². The topological polar surface area (TPSA) is 73.8 Å². The molecule has 118 valence electrons. The number of halogens is 1. The smallest absolute Gasteiger partial charge is 0.151 e. The highest BCUT2D eigenvalue weighted by Crippen LogP contribution is 2.27. The van der Waals surface area contributed by atoms with Crippen LogP contribution in [-0.4, -0.2) is 51.3 Å². The molecule has 1 atom stereocenters. The van der Waals surface area contributed by atoms with Crippen molar-refractivity contribution < 1.29 is 0 Å². The van der Waals surface area contributed by atoms with Gasteiger partial charge in [0, 0.05) is 32.4 Å². The zero-order valence-corrected chi connectivity index (χ0v) is 13.4. The van der Waals surface area contributed by atoms with Gasteiger partial charge in [-0.15, -0.1) is 10.2 Å². The average Bonchev–Trinajstić information content (AvgIpc) is 3.24. The van der Waals surface area contributed by atoms with Crippen LogP contribution in [0.3, 0.4) is 0 Å². The molecule has 0 aliphatic carbocycles. The van der Waals surface area contributed by atoms with E-state index >= 15 is 0 Å². The minimum atomic E-state index is 0.356. The van der Waals surface area contributed by atoms with E-state index in [4.69, 9.17) is 11.6 Å². The third-order valence-electron chi connectivity index (χ3n) is 4.32. The number of hydrogen-bond donors (Lipinski definition) is 1. The van der Waals surface area contributed by atoms with Gasteiger partial charge in [-0.05, 0) is 24.6 Å². The number of nitrogens with one attached hydrogen (secondary N) is 1. The Morgan fingerprint density at radius 3 is 3.00 bits per heavy atom. The summed E-state index contributed by atoms with van der Waals surface area (Å²) < 4.78 is 0. The average molecular weight is 330 g/mol. The molecule has 23 heavy (non-hydrogen) atoms. The molecule has 1 unspecified atom stereocenters. The van der Waals surface area contributed by atoms with Gasteiger partial charge in [0.25, 0.3) is 0 Å². The number of aromatic amines is 1. The highest BCUT2D eigenvalue weighted by Gasteiger charge is 2.28. The maximum absolute atomic E-state index is 5.81. The molecule has 7 nitrogen and oxygen atoms in total. The predicted molar refractivity (Wildman–Crippen MR) is 90.0 cm³/mol. The summed E-state index contributed by atoms with van der Waals surface area (Å²) in [6.07, 6.45) is 4.54. The second-order valence-corrected chi connectivity index (χ2v) is 6.04. The van der Waals surface area contributed by atoms with Crippen molar-refractivity contribution in [1.29, 1.82) is 0 Å². The van der Waals surface area contributed by atoms with Crippen LogP contribution in [0.5, 0.6) is 0 Å². The van der Waals surface area contributed by atoms with E-state index in [0.717, 1.165) is 42.2 Å². The van der Waals surface area contributed by atoms with E-state index < -0.39 is 0 Å². The second kappa shape index (κ2) is 5.66. The van der Waals surface area contributed by atoms with E-state index in [1.54, 1.807) is 12.4 Å². The van der Waals surface area contributed by atoms with E-state index in [2.05, 4.69) is 34.9 Å². The number of rotatable bonds is 3. The van der Waals surface area contributed by atoms with Crippen LogP contribution in [0.15, 0.2) is 30.7 Å². The van der Waals surface area contributed by atoms with Crippen molar-refractivity contribution in [3.05, 3.63) is 35.9 Å². The fourth-order valence-corrected chi connectivity index (χ4v) is 3.15. The van der Waals surface area contributed by atoms with Gasteiger partial charge < -0.3 is 14.8 Å². The molecule has 0 saturated carbocycles. The molecule has 0 amide bonds. The first kappa shape index (κ1) is 14.2. The molecule has 1 aliphatic rings. The SMILES string of the molecule is CN(c1ccc(Cl)nn1)C1CCN(c2ncnc3[nH]ccc23)C1. The van der Waals surface area contributed by atoms with Crippen molar-refractivity contribution in [2.45, 2.75) is 12.5 Å². The molecule has 1 N–H and O–H groups in total. The lowest BCUT2D eigenvalue weighted by Crippen LogP contribution is -2.35. The summed E-state index contributed by atoms with van der Waals surface area (Å²) in [4.78, 5) is 16.3. The first-order valence-electron chi connectivity index (χ1n) is 7.47. The molecule has 4 rings (SSSR count). The van der Waals surface area contributed by atoms with E-state index in [0.29, 0.717) is 11.2 Å². The summed E-state index contributed by atoms with van der Waals surface area (Å²) in [6, 6.07) is 6.04. The number of nitrogens with zero attached hydrogens (tertiary/aromatic N) is 6. The predicted octanol–water partition coefficient (Wildman–Crippen LogP) is 2.12. The van der Waals surface area contributed by atoms with Gasteiger partial charge in [-0.2, -0.15) is 0 Å². The van der Waals surface area contributed by atoms with E-state index in [1.165, 1.54) is 0 Å². The molecular formula is C15H16ClN7. The molecule has 3 aromatic rings. The lowest BCUT2D eigenvalue weighted by molar-refractivity contribution is 0.678. The number of fused-ring (bicyclic) bond motifs is 1. The number of anilines is 2. The van der Waals surface area contributed by atoms with Crippen molar-refractivity contribution in [2.24, 2.45) is 0 Å². The fraction of sp³-hybridized carbons (Fsp3) is 0.333. The standard InChI is InChI=1S/C15H16ClN7/c1-22(13-3-2-12(16)20-21-13)10-5-7-23(8-10)15-11-4-6-17-14(11)18-9-19-15/h2-4,6,9-10H,5,7-8H2,1H3,(H,17,18,19). The zero-order valence-electron chi connectivity index (χ0n) is 12.6. The van der Waals surface area contributed by atoms with Gasteiger partial charge in [-0.3, -0.25) is 0 Å². The molecule has 0 bridgehead atoms. The van der Waals surface area contributed by atoms with E-state index in [-0.39, 0.29) is 0 Å². The lowest BCUT2D eigenvalue weighted by atomic mass is 10.2. The lowest BCUT2D eigenvalue weighted by Gasteiger charge is -2.25. The number of hydrogen-bond acceptors (Lipinski definition) is 6. The summed E-state index contributed by atoms with van der Waals surface area (Å²) in [5.41, 5.74) is 0.871. The first-order chi connectivity index (χ1) is 11.2. The molecule has 1 saturated heterocycles. The summed E-state index contributed by atoms with van der Waals surface area (Å²) >= 11 is 5.81. The minimum Gasteiger partial charge on any atom is -0.354 e. The molecular weight excluding hydrogens is 314 g/mol. The maximum Gasteiger partial charge on any atom is 0.151 e. The van der Waals surface area contributed by atoms with Crippen LogP contribution in [0.25, 0.3) is 11.0 Å². The van der Waals surface area contributed by atoms with Crippen LogP contribution in [0, 0.1) is 0 Å². The van der Waals surface area contributed by atoms with Crippen molar-refractivity contribution >= 4 is 34.3 Å². The third-order valence-corrected chi connectivity index (χ3v) is 4.52. The first-order valence-corrected chi connectivity index (χ1v) is 7.85. The Bertz CT molecular complexity index is 816. The zero-order chi connectivity index (χ0) is 15.8. The molecule has 0 radical (unpaired) electrons. The summed E-state index contributed by atoms with van der Waals surface area (Å²) in [6.45, 7) is 1.84. The molecule has 8 heteroatoms. The Labute approximate surface area is 138 Å². The number of likely N-dealkylation sites (N-methyl/N-ethyl adjacent to an activating group) is 1. The van der Waals surface area contributed by atoms with Crippen LogP contribution in [0.4, 0.5) is 11.6 Å². The summed E-state index contributed by atoms with van der Waals surface area (Å²) in [5, 5.41) is 9.54. The van der Waals surface area contributed by atoms with Gasteiger partial charge in [0.1, 0.15) is 17.8 Å². The molecule has 1 fully saturated rings. The largest absolute Gasteiger partial charge is 0.354 e. The second-order valence-electron chi connectivity index (χ2n) is 5.65. The summed E-state index contributed by atoms with van der Waals surface area (Å²) in [5.74, 6) is 1.81. The van der Waals surface area contributed by atoms with Gasteiger partial charge in [0.15, 0.2) is 11.0 Å². The van der Waals surface area contributed by atoms with Gasteiger partial charge in [-0.25, -0.2) is 9.97 Å². The summed E-state index contributed by atoms with van der Waals surface area (Å²) in [7, 11) is 2.04. The molecule has 0 spiro atoms. The number of H-pyrrole nitrogens is 1. The van der Waals surface area contributed by atoms with Crippen molar-refractivity contribution in [1.82, 2.24) is 25.1 Å². The van der Waals surface area contributed by atoms with Crippen LogP contribution in [-0.2, 0) is 0 Å². The van der Waals surface area contributed by atoms with Gasteiger partial charge in [0.2, 0.25) is 0 Å². The third kappa shape index (κ3) is 2.57. The number of aromatic nitrogens is 5. The van der Waals surface area contributed by atoms with E-state index in [1.807, 2.05) is 25.4 Å². The molecule has 3 aromatic heterocycles. The quantitative estimate of drug-likeness (QED) is 0.793. The Morgan fingerprint density at radius 2 is 2.17 bits per heavy atom. The van der Waals surface area contributed by atoms with Crippen LogP contribution in [0.2, 0.25) is 5.15 Å². The van der Waals surface area contributed by atoms with Crippen molar-refractivity contribution in [2.75, 3.05) is 29.9 Å². The molecule has 4 heterocycles. The fourth-order valence-electron chi connectivity index (χ4n) is 3.05. The van der Waals surface area contributed by atoms with Gasteiger partial charge >= 0.3 is 0 Å². The van der Waals surface area contributed by atoms with Crippen molar-refractivity contribution in [3.8, 4) is 0 Å². The van der Waals surface area contributed by atoms with Crippen LogP contribution >= 0.6 is 11.6 Å². The maximum atomic E-state index is 5.81. The Kier molecular flexibility index (Phi) is 3.49. The molecule has 1 aliphatic heterocycles. The van der Waals surface area contributed by atoms with Crippen molar-refractivity contribution in [3.63, 3.8) is 0 Å². The Balaban J connectivity index is 1.55. The Morgan fingerprint density at radius 1 is 1.26 bits per heavy atom. The highest BCUT2D eigenvalue weighted by atomic mass is 35.5. The monoisotopic (exact) mass is 329 g/mol. The highest BCUT2D eigenvalue weighted by molar-refractivity contribution is 6.29. The van der Waals surface area contributed by atoms with Crippen LogP contribution in [0.1, 0.15) is 6.42 Å². The van der Waals surface area contributed by atoms with E-state index in [9.17, 15) is 0 Å². The van der Waals surface area contributed by atoms with Crippen LogP contribution < -0.4 is 9.80 Å². The normalized spacial score (nSPS) is 17.8. The molecule has 0 aromatic carbocycles. The van der Waals surface area contributed by atoms with Gasteiger partial charge in [0.05, 0.1) is 5.39 Å². The Hall–Kier alpha value is -2.41.